The molecule has 0 radical (unpaired) electrons. The summed E-state index contributed by atoms with van der Waals surface area (Å²) in [5.41, 5.74) is 0. The average Bonchev–Trinajstić information content (AvgIpc) is 2.92. The van der Waals surface area contributed by atoms with Crippen LogP contribution in [0.15, 0.2) is 21.6 Å². The van der Waals surface area contributed by atoms with Crippen molar-refractivity contribution in [2.45, 2.75) is 24.0 Å². The van der Waals surface area contributed by atoms with Gasteiger partial charge in [0.15, 0.2) is 5.09 Å². The molecule has 1 aliphatic rings. The van der Waals surface area contributed by atoms with Gasteiger partial charge in [0, 0.05) is 6.04 Å². The number of carboxylic acids is 1. The molecule has 1 unspecified atom stereocenters. The molecule has 1 aromatic rings. The first-order valence-corrected chi connectivity index (χ1v) is 6.39. The van der Waals surface area contributed by atoms with Gasteiger partial charge in [0.05, 0.1) is 10.8 Å². The standard InChI is InChI=1S/C10H11NO5S/c12-8(11-6-1-2-6)5-17(15)9-4-3-7(16-9)10(13)14/h3-4,6H,1-2,5H2,(H,11,12)(H,13,14). The first kappa shape index (κ1) is 11.8. The van der Waals surface area contributed by atoms with E-state index in [0.29, 0.717) is 0 Å². The van der Waals surface area contributed by atoms with Crippen molar-refractivity contribution < 1.29 is 23.3 Å². The normalized spacial score (nSPS) is 16.5. The van der Waals surface area contributed by atoms with Gasteiger partial charge >= 0.3 is 5.97 Å². The number of carbonyl (C=O) groups is 2. The third-order valence-electron chi connectivity index (χ3n) is 2.22. The number of carbonyl (C=O) groups excluding carboxylic acids is 1. The highest BCUT2D eigenvalue weighted by Gasteiger charge is 2.24. The summed E-state index contributed by atoms with van der Waals surface area (Å²) in [5, 5.41) is 11.3. The van der Waals surface area contributed by atoms with Crippen LogP contribution in [0.3, 0.4) is 0 Å². The van der Waals surface area contributed by atoms with Crippen molar-refractivity contribution in [3.63, 3.8) is 0 Å². The number of aromatic carboxylic acids is 1. The van der Waals surface area contributed by atoms with Crippen molar-refractivity contribution >= 4 is 22.7 Å². The van der Waals surface area contributed by atoms with Gasteiger partial charge in [-0.3, -0.25) is 9.00 Å². The fourth-order valence-corrected chi connectivity index (χ4v) is 2.11. The summed E-state index contributed by atoms with van der Waals surface area (Å²) in [5.74, 6) is -2.02. The lowest BCUT2D eigenvalue weighted by molar-refractivity contribution is -0.118. The highest BCUT2D eigenvalue weighted by Crippen LogP contribution is 2.18. The third-order valence-corrected chi connectivity index (χ3v) is 3.41. The zero-order valence-electron chi connectivity index (χ0n) is 8.84. The van der Waals surface area contributed by atoms with Crippen molar-refractivity contribution in [1.82, 2.24) is 5.32 Å². The molecule has 0 spiro atoms. The van der Waals surface area contributed by atoms with E-state index in [0.717, 1.165) is 12.8 Å². The fraction of sp³-hybridized carbons (Fsp3) is 0.400. The van der Waals surface area contributed by atoms with Crippen LogP contribution >= 0.6 is 0 Å². The summed E-state index contributed by atoms with van der Waals surface area (Å²) < 4.78 is 16.5. The fourth-order valence-electron chi connectivity index (χ4n) is 1.24. The van der Waals surface area contributed by atoms with Crippen molar-refractivity contribution in [2.75, 3.05) is 5.75 Å². The molecule has 1 aliphatic carbocycles. The van der Waals surface area contributed by atoms with Gasteiger partial charge in [0.25, 0.3) is 0 Å². The first-order valence-electron chi connectivity index (χ1n) is 5.07. The maximum Gasteiger partial charge on any atom is 0.371 e. The Morgan fingerprint density at radius 2 is 2.18 bits per heavy atom. The quantitative estimate of drug-likeness (QED) is 0.794. The van der Waals surface area contributed by atoms with E-state index < -0.39 is 16.8 Å². The van der Waals surface area contributed by atoms with Crippen LogP contribution in [-0.4, -0.2) is 33.0 Å². The van der Waals surface area contributed by atoms with Crippen LogP contribution in [0.25, 0.3) is 0 Å². The van der Waals surface area contributed by atoms with E-state index in [1.165, 1.54) is 12.1 Å². The molecule has 6 nitrogen and oxygen atoms in total. The minimum absolute atomic E-state index is 0.00773. The minimum Gasteiger partial charge on any atom is -0.475 e. The lowest BCUT2D eigenvalue weighted by atomic mass is 10.5. The zero-order chi connectivity index (χ0) is 12.4. The Morgan fingerprint density at radius 1 is 1.47 bits per heavy atom. The van der Waals surface area contributed by atoms with E-state index in [-0.39, 0.29) is 28.6 Å². The first-order chi connectivity index (χ1) is 8.06. The number of amides is 1. The number of rotatable bonds is 5. The molecule has 7 heteroatoms. The Morgan fingerprint density at radius 3 is 2.71 bits per heavy atom. The average molecular weight is 257 g/mol. The Bertz CT molecular complexity index is 477. The molecule has 0 bridgehead atoms. The molecular formula is C10H11NO5S. The minimum atomic E-state index is -1.64. The van der Waals surface area contributed by atoms with E-state index >= 15 is 0 Å². The van der Waals surface area contributed by atoms with E-state index in [9.17, 15) is 13.8 Å². The van der Waals surface area contributed by atoms with Crippen molar-refractivity contribution in [2.24, 2.45) is 0 Å². The van der Waals surface area contributed by atoms with Crippen molar-refractivity contribution in [3.05, 3.63) is 17.9 Å². The predicted octanol–water partition coefficient (Wildman–Crippen LogP) is 0.364. The van der Waals surface area contributed by atoms with Crippen LogP contribution in [0, 0.1) is 0 Å². The number of hydrogen-bond donors (Lipinski definition) is 2. The summed E-state index contributed by atoms with van der Waals surface area (Å²) >= 11 is 0. The molecule has 1 aromatic heterocycles. The molecule has 2 rings (SSSR count). The Balaban J connectivity index is 1.93. The SMILES string of the molecule is O=C(CS(=O)c1ccc(C(=O)O)o1)NC1CC1. The zero-order valence-corrected chi connectivity index (χ0v) is 9.66. The van der Waals surface area contributed by atoms with Crippen LogP contribution in [0.5, 0.6) is 0 Å². The topological polar surface area (TPSA) is 96.6 Å². The number of carboxylic acid groups (broad SMARTS) is 1. The van der Waals surface area contributed by atoms with Crippen LogP contribution in [-0.2, 0) is 15.6 Å². The molecule has 0 saturated heterocycles. The number of furan rings is 1. The van der Waals surface area contributed by atoms with Gasteiger partial charge in [-0.15, -0.1) is 0 Å². The van der Waals surface area contributed by atoms with Crippen LogP contribution in [0.2, 0.25) is 0 Å². The van der Waals surface area contributed by atoms with Gasteiger partial charge in [-0.25, -0.2) is 4.79 Å². The van der Waals surface area contributed by atoms with Gasteiger partial charge in [-0.2, -0.15) is 0 Å². The third kappa shape index (κ3) is 3.16. The smallest absolute Gasteiger partial charge is 0.371 e. The summed E-state index contributed by atoms with van der Waals surface area (Å²) in [6, 6.07) is 2.74. The highest BCUT2D eigenvalue weighted by molar-refractivity contribution is 7.85. The molecule has 0 aromatic carbocycles. The Hall–Kier alpha value is -1.63. The number of nitrogens with one attached hydrogen (secondary N) is 1. The lowest BCUT2D eigenvalue weighted by Gasteiger charge is -2.01. The van der Waals surface area contributed by atoms with Gasteiger partial charge < -0.3 is 14.8 Å². The second-order valence-electron chi connectivity index (χ2n) is 3.76. The molecule has 2 N–H and O–H groups in total. The van der Waals surface area contributed by atoms with Gasteiger partial charge in [0.1, 0.15) is 5.75 Å². The number of hydrogen-bond acceptors (Lipinski definition) is 4. The monoisotopic (exact) mass is 257 g/mol. The van der Waals surface area contributed by atoms with E-state index in [2.05, 4.69) is 5.32 Å². The van der Waals surface area contributed by atoms with E-state index in [1.807, 2.05) is 0 Å². The predicted molar refractivity (Wildman–Crippen MR) is 58.1 cm³/mol. The molecular weight excluding hydrogens is 246 g/mol. The van der Waals surface area contributed by atoms with Crippen molar-refractivity contribution in [1.29, 1.82) is 0 Å². The molecule has 1 fully saturated rings. The highest BCUT2D eigenvalue weighted by atomic mass is 32.2. The van der Waals surface area contributed by atoms with Gasteiger partial charge in [-0.05, 0) is 25.0 Å². The molecule has 1 atom stereocenters. The Labute approximate surface area is 99.5 Å². The van der Waals surface area contributed by atoms with Crippen LogP contribution in [0.1, 0.15) is 23.4 Å². The Kier molecular flexibility index (Phi) is 3.28. The van der Waals surface area contributed by atoms with E-state index in [4.69, 9.17) is 9.52 Å². The summed E-state index contributed by atoms with van der Waals surface area (Å²) in [7, 11) is -1.64. The lowest BCUT2D eigenvalue weighted by Crippen LogP contribution is -2.29. The maximum absolute atomic E-state index is 11.7. The van der Waals surface area contributed by atoms with E-state index in [1.54, 1.807) is 0 Å². The second kappa shape index (κ2) is 4.70. The molecule has 17 heavy (non-hydrogen) atoms. The molecule has 92 valence electrons. The summed E-state index contributed by atoms with van der Waals surface area (Å²) in [6.07, 6.45) is 1.92. The summed E-state index contributed by atoms with van der Waals surface area (Å²) in [6.45, 7) is 0. The molecule has 1 amide bonds. The molecule has 1 saturated carbocycles. The summed E-state index contributed by atoms with van der Waals surface area (Å²) in [4.78, 5) is 21.9. The van der Waals surface area contributed by atoms with Gasteiger partial charge in [0.2, 0.25) is 11.7 Å². The van der Waals surface area contributed by atoms with Gasteiger partial charge in [-0.1, -0.05) is 0 Å². The van der Waals surface area contributed by atoms with Crippen LogP contribution < -0.4 is 5.32 Å². The second-order valence-corrected chi connectivity index (χ2v) is 5.14. The maximum atomic E-state index is 11.7. The van der Waals surface area contributed by atoms with Crippen molar-refractivity contribution in [3.8, 4) is 0 Å². The molecule has 1 heterocycles. The van der Waals surface area contributed by atoms with Crippen LogP contribution in [0.4, 0.5) is 0 Å². The molecule has 0 aliphatic heterocycles. The largest absolute Gasteiger partial charge is 0.475 e.